The van der Waals surface area contributed by atoms with E-state index in [-0.39, 0.29) is 24.5 Å². The molecule has 0 radical (unpaired) electrons. The molecule has 1 aromatic rings. The monoisotopic (exact) mass is 281 g/mol. The highest BCUT2D eigenvalue weighted by Gasteiger charge is 2.17. The summed E-state index contributed by atoms with van der Waals surface area (Å²) >= 11 is 5.76. The molecule has 19 heavy (non-hydrogen) atoms. The first kappa shape index (κ1) is 14.0. The van der Waals surface area contributed by atoms with Gasteiger partial charge in [-0.1, -0.05) is 11.6 Å². The molecule has 1 amide bonds. The van der Waals surface area contributed by atoms with Crippen LogP contribution in [0.2, 0.25) is 5.02 Å². The van der Waals surface area contributed by atoms with E-state index in [1.54, 1.807) is 29.2 Å². The molecule has 0 aliphatic carbocycles. The summed E-state index contributed by atoms with van der Waals surface area (Å²) in [7, 11) is 0. The molecule has 1 fully saturated rings. The molecule has 5 heteroatoms. The number of carbonyl (C=O) groups excluding carboxylic acids is 2. The molecular weight excluding hydrogens is 266 g/mol. The first-order valence-electron chi connectivity index (χ1n) is 6.31. The van der Waals surface area contributed by atoms with Gasteiger partial charge in [-0.2, -0.15) is 0 Å². The molecule has 4 nitrogen and oxygen atoms in total. The lowest BCUT2D eigenvalue weighted by molar-refractivity contribution is -0.135. The van der Waals surface area contributed by atoms with Crippen LogP contribution in [-0.4, -0.2) is 42.9 Å². The number of nitrogens with zero attached hydrogens (tertiary/aromatic N) is 1. The minimum absolute atomic E-state index is 0.0191. The van der Waals surface area contributed by atoms with Crippen LogP contribution in [0, 0.1) is 0 Å². The van der Waals surface area contributed by atoms with Gasteiger partial charge in [-0.25, -0.2) is 0 Å². The van der Waals surface area contributed by atoms with Crippen molar-refractivity contribution in [3.63, 3.8) is 0 Å². The van der Waals surface area contributed by atoms with Gasteiger partial charge in [0, 0.05) is 36.5 Å². The SMILES string of the molecule is O=C(CCC(=O)N1CCOCC1)c1ccc(Cl)cc1. The largest absolute Gasteiger partial charge is 0.378 e. The molecule has 0 N–H and O–H groups in total. The van der Waals surface area contributed by atoms with Crippen molar-refractivity contribution in [1.82, 2.24) is 4.90 Å². The number of ether oxygens (including phenoxy) is 1. The molecule has 0 spiro atoms. The average Bonchev–Trinajstić information content (AvgIpc) is 2.46. The van der Waals surface area contributed by atoms with E-state index in [0.29, 0.717) is 36.9 Å². The summed E-state index contributed by atoms with van der Waals surface area (Å²) in [4.78, 5) is 25.5. The van der Waals surface area contributed by atoms with Crippen molar-refractivity contribution in [2.24, 2.45) is 0 Å². The number of halogens is 1. The third-order valence-corrected chi connectivity index (χ3v) is 3.35. The van der Waals surface area contributed by atoms with E-state index < -0.39 is 0 Å². The number of morpholine rings is 1. The Morgan fingerprint density at radius 3 is 2.37 bits per heavy atom. The zero-order valence-electron chi connectivity index (χ0n) is 10.6. The van der Waals surface area contributed by atoms with Crippen LogP contribution in [0.4, 0.5) is 0 Å². The van der Waals surface area contributed by atoms with Gasteiger partial charge in [0.25, 0.3) is 0 Å². The predicted molar refractivity (Wildman–Crippen MR) is 72.4 cm³/mol. The van der Waals surface area contributed by atoms with Crippen molar-refractivity contribution in [2.75, 3.05) is 26.3 Å². The molecule has 1 aliphatic heterocycles. The normalized spacial score (nSPS) is 15.3. The zero-order valence-corrected chi connectivity index (χ0v) is 11.4. The number of Topliss-reactive ketones (excluding diaryl/α,β-unsaturated/α-hetero) is 1. The molecule has 0 atom stereocenters. The maximum atomic E-state index is 11.9. The summed E-state index contributed by atoms with van der Waals surface area (Å²) in [6.07, 6.45) is 0.485. The first-order chi connectivity index (χ1) is 9.16. The smallest absolute Gasteiger partial charge is 0.223 e. The van der Waals surface area contributed by atoms with E-state index in [1.165, 1.54) is 0 Å². The van der Waals surface area contributed by atoms with Gasteiger partial charge in [0.2, 0.25) is 5.91 Å². The molecule has 0 saturated carbocycles. The zero-order chi connectivity index (χ0) is 13.7. The van der Waals surface area contributed by atoms with Crippen LogP contribution in [0.15, 0.2) is 24.3 Å². The van der Waals surface area contributed by atoms with Crippen LogP contribution in [0.1, 0.15) is 23.2 Å². The van der Waals surface area contributed by atoms with Gasteiger partial charge < -0.3 is 9.64 Å². The van der Waals surface area contributed by atoms with Gasteiger partial charge in [-0.15, -0.1) is 0 Å². The highest BCUT2D eigenvalue weighted by atomic mass is 35.5. The van der Waals surface area contributed by atoms with Crippen molar-refractivity contribution in [3.8, 4) is 0 Å². The molecule has 1 heterocycles. The molecule has 1 aliphatic rings. The second-order valence-corrected chi connectivity index (χ2v) is 4.86. The van der Waals surface area contributed by atoms with Crippen molar-refractivity contribution in [2.45, 2.75) is 12.8 Å². The van der Waals surface area contributed by atoms with Gasteiger partial charge >= 0.3 is 0 Å². The van der Waals surface area contributed by atoms with Crippen molar-refractivity contribution >= 4 is 23.3 Å². The Balaban J connectivity index is 1.82. The van der Waals surface area contributed by atoms with E-state index in [2.05, 4.69) is 0 Å². The molecular formula is C14H16ClNO3. The third kappa shape index (κ3) is 4.04. The van der Waals surface area contributed by atoms with Crippen molar-refractivity contribution < 1.29 is 14.3 Å². The van der Waals surface area contributed by atoms with Crippen LogP contribution in [0.5, 0.6) is 0 Å². The molecule has 1 saturated heterocycles. The Hall–Kier alpha value is -1.39. The quantitative estimate of drug-likeness (QED) is 0.795. The number of benzene rings is 1. The van der Waals surface area contributed by atoms with Gasteiger partial charge in [0.15, 0.2) is 5.78 Å². The second-order valence-electron chi connectivity index (χ2n) is 4.42. The Morgan fingerprint density at radius 1 is 1.11 bits per heavy atom. The van der Waals surface area contributed by atoms with Crippen LogP contribution >= 0.6 is 11.6 Å². The van der Waals surface area contributed by atoms with Crippen molar-refractivity contribution in [1.29, 1.82) is 0 Å². The third-order valence-electron chi connectivity index (χ3n) is 3.10. The number of hydrogen-bond acceptors (Lipinski definition) is 3. The fourth-order valence-corrected chi connectivity index (χ4v) is 2.10. The number of carbonyl (C=O) groups is 2. The molecule has 0 bridgehead atoms. The van der Waals surface area contributed by atoms with Gasteiger partial charge in [0.05, 0.1) is 13.2 Å². The second kappa shape index (κ2) is 6.68. The number of hydrogen-bond donors (Lipinski definition) is 0. The molecule has 0 unspecified atom stereocenters. The lowest BCUT2D eigenvalue weighted by atomic mass is 10.1. The van der Waals surface area contributed by atoms with Crippen LogP contribution < -0.4 is 0 Å². The number of amides is 1. The predicted octanol–water partition coefficient (Wildman–Crippen LogP) is 2.16. The summed E-state index contributed by atoms with van der Waals surface area (Å²) in [5.41, 5.74) is 0.596. The summed E-state index contributed by atoms with van der Waals surface area (Å²) in [5, 5.41) is 0.598. The van der Waals surface area contributed by atoms with E-state index in [4.69, 9.17) is 16.3 Å². The van der Waals surface area contributed by atoms with Gasteiger partial charge in [-0.3, -0.25) is 9.59 Å². The van der Waals surface area contributed by atoms with Gasteiger partial charge in [0.1, 0.15) is 0 Å². The minimum Gasteiger partial charge on any atom is -0.378 e. The first-order valence-corrected chi connectivity index (χ1v) is 6.69. The minimum atomic E-state index is -0.0294. The summed E-state index contributed by atoms with van der Waals surface area (Å²) in [6, 6.07) is 6.73. The summed E-state index contributed by atoms with van der Waals surface area (Å²) < 4.78 is 5.18. The van der Waals surface area contributed by atoms with Crippen molar-refractivity contribution in [3.05, 3.63) is 34.9 Å². The Bertz CT molecular complexity index is 452. The maximum Gasteiger partial charge on any atom is 0.223 e. The highest BCUT2D eigenvalue weighted by molar-refractivity contribution is 6.30. The maximum absolute atomic E-state index is 11.9. The van der Waals surface area contributed by atoms with Crippen LogP contribution in [-0.2, 0) is 9.53 Å². The molecule has 102 valence electrons. The number of rotatable bonds is 4. The molecule has 2 rings (SSSR count). The van der Waals surface area contributed by atoms with Crippen LogP contribution in [0.3, 0.4) is 0 Å². The van der Waals surface area contributed by atoms with Crippen LogP contribution in [0.25, 0.3) is 0 Å². The Morgan fingerprint density at radius 2 is 1.74 bits per heavy atom. The summed E-state index contributed by atoms with van der Waals surface area (Å²) in [5.74, 6) is -0.0103. The van der Waals surface area contributed by atoms with E-state index in [0.717, 1.165) is 0 Å². The average molecular weight is 282 g/mol. The topological polar surface area (TPSA) is 46.6 Å². The van der Waals surface area contributed by atoms with E-state index in [1.807, 2.05) is 0 Å². The van der Waals surface area contributed by atoms with E-state index in [9.17, 15) is 9.59 Å². The lowest BCUT2D eigenvalue weighted by Crippen LogP contribution is -2.40. The fourth-order valence-electron chi connectivity index (χ4n) is 1.97. The lowest BCUT2D eigenvalue weighted by Gasteiger charge is -2.26. The number of ketones is 1. The fraction of sp³-hybridized carbons (Fsp3) is 0.429. The molecule has 1 aromatic carbocycles. The highest BCUT2D eigenvalue weighted by Crippen LogP contribution is 2.12. The molecule has 0 aromatic heterocycles. The Kier molecular flexibility index (Phi) is 4.93. The summed E-state index contributed by atoms with van der Waals surface area (Å²) in [6.45, 7) is 2.40. The van der Waals surface area contributed by atoms with Gasteiger partial charge in [-0.05, 0) is 24.3 Å². The standard InChI is InChI=1S/C14H16ClNO3/c15-12-3-1-11(2-4-12)13(17)5-6-14(18)16-7-9-19-10-8-16/h1-4H,5-10H2. The van der Waals surface area contributed by atoms with E-state index >= 15 is 0 Å². The Labute approximate surface area is 117 Å².